The molecule has 1 aromatic carbocycles. The van der Waals surface area contributed by atoms with Gasteiger partial charge in [0.15, 0.2) is 0 Å². The highest BCUT2D eigenvalue weighted by Gasteiger charge is 2.19. The third kappa shape index (κ3) is 5.11. The van der Waals surface area contributed by atoms with Crippen LogP contribution in [0.5, 0.6) is 0 Å². The van der Waals surface area contributed by atoms with E-state index >= 15 is 0 Å². The van der Waals surface area contributed by atoms with E-state index in [0.717, 1.165) is 5.56 Å². The molecule has 2 amide bonds. The third-order valence-corrected chi connectivity index (χ3v) is 3.73. The van der Waals surface area contributed by atoms with Gasteiger partial charge in [0.1, 0.15) is 11.9 Å². The fourth-order valence-electron chi connectivity index (χ4n) is 2.51. The van der Waals surface area contributed by atoms with Gasteiger partial charge in [-0.3, -0.25) is 10.1 Å². The summed E-state index contributed by atoms with van der Waals surface area (Å²) >= 11 is 0. The molecule has 0 radical (unpaired) electrons. The molecule has 136 valence electrons. The van der Waals surface area contributed by atoms with Gasteiger partial charge in [0.2, 0.25) is 0 Å². The second kappa shape index (κ2) is 7.74. The number of hydrogen-bond acceptors (Lipinski definition) is 3. The first kappa shape index (κ1) is 19.1. The van der Waals surface area contributed by atoms with Crippen LogP contribution in [0.25, 0.3) is 0 Å². The fraction of sp³-hybridized carbons (Fsp3) is 0.316. The number of aryl methyl sites for hydroxylation is 1. The lowest BCUT2D eigenvalue weighted by Gasteiger charge is -2.24. The average molecular weight is 354 g/mol. The fourth-order valence-corrected chi connectivity index (χ4v) is 2.51. The number of urea groups is 1. The molecule has 2 rings (SSSR count). The number of anilines is 2. The van der Waals surface area contributed by atoms with Gasteiger partial charge in [-0.1, -0.05) is 12.1 Å². The Balaban J connectivity index is 2.10. The number of rotatable bonds is 5. The Labute approximate surface area is 152 Å². The number of nitrogens with one attached hydrogen (secondary N) is 2. The van der Waals surface area contributed by atoms with Crippen LogP contribution in [-0.4, -0.2) is 21.7 Å². The standard InChI is InChI=1S/C19H22N4O3/c1-19(2,3)23-12-14(11-20)10-16(23)22-18(26)21-15-6-4-5-13(9-15)7-8-17(24)25/h4-6,9-10,12H,7-8H2,1-3H3,(H,24,25)(H2,21,22,26). The van der Waals surface area contributed by atoms with Crippen molar-refractivity contribution < 1.29 is 14.7 Å². The summed E-state index contributed by atoms with van der Waals surface area (Å²) in [7, 11) is 0. The first-order chi connectivity index (χ1) is 12.2. The number of carboxylic acids is 1. The van der Waals surface area contributed by atoms with Gasteiger partial charge in [0.25, 0.3) is 0 Å². The molecule has 0 spiro atoms. The molecule has 1 aromatic heterocycles. The van der Waals surface area contributed by atoms with E-state index in [1.54, 1.807) is 30.5 Å². The van der Waals surface area contributed by atoms with E-state index in [1.807, 2.05) is 31.4 Å². The van der Waals surface area contributed by atoms with Crippen molar-refractivity contribution in [1.29, 1.82) is 5.26 Å². The van der Waals surface area contributed by atoms with Crippen molar-refractivity contribution >= 4 is 23.5 Å². The number of aromatic nitrogens is 1. The molecule has 0 bridgehead atoms. The molecule has 0 aliphatic heterocycles. The lowest BCUT2D eigenvalue weighted by molar-refractivity contribution is -0.136. The van der Waals surface area contributed by atoms with Crippen LogP contribution in [-0.2, 0) is 16.8 Å². The van der Waals surface area contributed by atoms with Gasteiger partial charge in [-0.25, -0.2) is 4.79 Å². The molecule has 0 atom stereocenters. The number of amides is 2. The molecule has 0 saturated carbocycles. The zero-order valence-electron chi connectivity index (χ0n) is 15.0. The van der Waals surface area contributed by atoms with Crippen LogP contribution >= 0.6 is 0 Å². The first-order valence-electron chi connectivity index (χ1n) is 8.21. The minimum absolute atomic E-state index is 0.0334. The van der Waals surface area contributed by atoms with Gasteiger partial charge < -0.3 is 15.0 Å². The number of nitriles is 1. The summed E-state index contributed by atoms with van der Waals surface area (Å²) in [5, 5.41) is 23.3. The molecule has 0 aliphatic rings. The quantitative estimate of drug-likeness (QED) is 0.759. The Hall–Kier alpha value is -3.27. The maximum atomic E-state index is 12.3. The van der Waals surface area contributed by atoms with E-state index in [9.17, 15) is 9.59 Å². The van der Waals surface area contributed by atoms with Crippen molar-refractivity contribution in [2.75, 3.05) is 10.6 Å². The van der Waals surface area contributed by atoms with Crippen LogP contribution in [0.1, 0.15) is 38.3 Å². The lowest BCUT2D eigenvalue weighted by Crippen LogP contribution is -2.27. The van der Waals surface area contributed by atoms with Crippen LogP contribution < -0.4 is 10.6 Å². The highest BCUT2D eigenvalue weighted by Crippen LogP contribution is 2.24. The average Bonchev–Trinajstić information content (AvgIpc) is 2.96. The summed E-state index contributed by atoms with van der Waals surface area (Å²) in [5.74, 6) is -0.342. The first-order valence-corrected chi connectivity index (χ1v) is 8.21. The summed E-state index contributed by atoms with van der Waals surface area (Å²) in [6.07, 6.45) is 2.12. The van der Waals surface area contributed by atoms with Gasteiger partial charge in [0, 0.05) is 23.8 Å². The second-order valence-electron chi connectivity index (χ2n) is 6.94. The third-order valence-electron chi connectivity index (χ3n) is 3.73. The summed E-state index contributed by atoms with van der Waals surface area (Å²) in [6.45, 7) is 5.93. The van der Waals surface area contributed by atoms with E-state index in [4.69, 9.17) is 10.4 Å². The Morgan fingerprint density at radius 2 is 1.96 bits per heavy atom. The van der Waals surface area contributed by atoms with E-state index in [0.29, 0.717) is 23.5 Å². The Morgan fingerprint density at radius 1 is 1.23 bits per heavy atom. The topological polar surface area (TPSA) is 107 Å². The van der Waals surface area contributed by atoms with Gasteiger partial charge in [-0.05, 0) is 51.0 Å². The summed E-state index contributed by atoms with van der Waals surface area (Å²) in [4.78, 5) is 23.0. The van der Waals surface area contributed by atoms with Crippen LogP contribution in [0.4, 0.5) is 16.3 Å². The number of carboxylic acid groups (broad SMARTS) is 1. The second-order valence-corrected chi connectivity index (χ2v) is 6.94. The number of carbonyl (C=O) groups is 2. The normalized spacial score (nSPS) is 10.8. The Morgan fingerprint density at radius 3 is 2.58 bits per heavy atom. The summed E-state index contributed by atoms with van der Waals surface area (Å²) in [6, 6.07) is 10.3. The highest BCUT2D eigenvalue weighted by atomic mass is 16.4. The molecule has 26 heavy (non-hydrogen) atoms. The Bertz CT molecular complexity index is 856. The van der Waals surface area contributed by atoms with E-state index in [-0.39, 0.29) is 12.0 Å². The predicted octanol–water partition coefficient (Wildman–Crippen LogP) is 3.78. The Kier molecular flexibility index (Phi) is 5.68. The van der Waals surface area contributed by atoms with E-state index < -0.39 is 12.0 Å². The van der Waals surface area contributed by atoms with Crippen molar-refractivity contribution in [2.45, 2.75) is 39.2 Å². The molecular formula is C19H22N4O3. The van der Waals surface area contributed by atoms with Crippen molar-refractivity contribution in [3.63, 3.8) is 0 Å². The molecule has 3 N–H and O–H groups in total. The number of nitrogens with zero attached hydrogens (tertiary/aromatic N) is 2. The number of benzene rings is 1. The monoisotopic (exact) mass is 354 g/mol. The minimum atomic E-state index is -0.864. The van der Waals surface area contributed by atoms with Gasteiger partial charge in [0.05, 0.1) is 5.56 Å². The van der Waals surface area contributed by atoms with Crippen LogP contribution in [0.3, 0.4) is 0 Å². The van der Waals surface area contributed by atoms with Gasteiger partial charge >= 0.3 is 12.0 Å². The van der Waals surface area contributed by atoms with Gasteiger partial charge in [-0.2, -0.15) is 5.26 Å². The van der Waals surface area contributed by atoms with Crippen LogP contribution in [0.2, 0.25) is 0 Å². The van der Waals surface area contributed by atoms with Gasteiger partial charge in [-0.15, -0.1) is 0 Å². The van der Waals surface area contributed by atoms with E-state index in [2.05, 4.69) is 16.7 Å². The summed E-state index contributed by atoms with van der Waals surface area (Å²) in [5.41, 5.74) is 1.56. The van der Waals surface area contributed by atoms with Crippen molar-refractivity contribution in [3.05, 3.63) is 47.7 Å². The van der Waals surface area contributed by atoms with Crippen molar-refractivity contribution in [3.8, 4) is 6.07 Å². The zero-order chi connectivity index (χ0) is 19.3. The predicted molar refractivity (Wildman–Crippen MR) is 99.2 cm³/mol. The molecule has 2 aromatic rings. The molecule has 1 heterocycles. The van der Waals surface area contributed by atoms with Crippen molar-refractivity contribution in [2.24, 2.45) is 0 Å². The molecule has 0 saturated heterocycles. The molecule has 0 fully saturated rings. The number of carbonyl (C=O) groups excluding carboxylic acids is 1. The highest BCUT2D eigenvalue weighted by molar-refractivity contribution is 5.99. The van der Waals surface area contributed by atoms with Crippen LogP contribution in [0, 0.1) is 11.3 Å². The minimum Gasteiger partial charge on any atom is -0.481 e. The summed E-state index contributed by atoms with van der Waals surface area (Å²) < 4.78 is 1.83. The number of aliphatic carboxylic acids is 1. The lowest BCUT2D eigenvalue weighted by atomic mass is 10.1. The molecule has 0 unspecified atom stereocenters. The largest absolute Gasteiger partial charge is 0.481 e. The smallest absolute Gasteiger partial charge is 0.324 e. The van der Waals surface area contributed by atoms with Crippen LogP contribution in [0.15, 0.2) is 36.5 Å². The molecule has 0 aliphatic carbocycles. The SMILES string of the molecule is CC(C)(C)n1cc(C#N)cc1NC(=O)Nc1cccc(CCC(=O)O)c1. The maximum absolute atomic E-state index is 12.3. The van der Waals surface area contributed by atoms with Crippen molar-refractivity contribution in [1.82, 2.24) is 4.57 Å². The zero-order valence-corrected chi connectivity index (χ0v) is 15.0. The maximum Gasteiger partial charge on any atom is 0.324 e. The number of hydrogen-bond donors (Lipinski definition) is 3. The van der Waals surface area contributed by atoms with E-state index in [1.165, 1.54) is 0 Å². The molecular weight excluding hydrogens is 332 g/mol. The molecule has 7 heteroatoms. The molecule has 7 nitrogen and oxygen atoms in total.